The van der Waals surface area contributed by atoms with E-state index in [1.54, 1.807) is 11.3 Å². The van der Waals surface area contributed by atoms with Crippen LogP contribution in [0.3, 0.4) is 0 Å². The molecule has 1 saturated heterocycles. The summed E-state index contributed by atoms with van der Waals surface area (Å²) < 4.78 is 5.14. The standard InChI is InChI=1S/C9H13NOS2/c10-3-9(7-1-2-12-6-7)13-8-4-11-5-8/h1-2,6,8-9H,3-5,10H2. The molecule has 0 saturated carbocycles. The maximum Gasteiger partial charge on any atom is 0.0608 e. The molecule has 1 fully saturated rings. The first-order valence-electron chi connectivity index (χ1n) is 4.35. The fourth-order valence-corrected chi connectivity index (χ4v) is 3.28. The van der Waals surface area contributed by atoms with Gasteiger partial charge in [-0.3, -0.25) is 0 Å². The van der Waals surface area contributed by atoms with Crippen LogP contribution in [0.15, 0.2) is 16.8 Å². The van der Waals surface area contributed by atoms with E-state index in [9.17, 15) is 0 Å². The van der Waals surface area contributed by atoms with Crippen LogP contribution in [-0.4, -0.2) is 25.0 Å². The van der Waals surface area contributed by atoms with E-state index in [1.165, 1.54) is 5.56 Å². The SMILES string of the molecule is NCC(SC1COC1)c1ccsc1. The van der Waals surface area contributed by atoms with Crippen LogP contribution in [0.4, 0.5) is 0 Å². The van der Waals surface area contributed by atoms with E-state index in [1.807, 2.05) is 11.8 Å². The average molecular weight is 215 g/mol. The van der Waals surface area contributed by atoms with Gasteiger partial charge in [0, 0.05) is 11.8 Å². The van der Waals surface area contributed by atoms with Gasteiger partial charge >= 0.3 is 0 Å². The van der Waals surface area contributed by atoms with Gasteiger partial charge in [0.1, 0.15) is 0 Å². The average Bonchev–Trinajstić information content (AvgIpc) is 2.55. The van der Waals surface area contributed by atoms with Crippen LogP contribution in [0.5, 0.6) is 0 Å². The van der Waals surface area contributed by atoms with Crippen molar-refractivity contribution in [2.75, 3.05) is 19.8 Å². The number of ether oxygens (including phenoxy) is 1. The smallest absolute Gasteiger partial charge is 0.0608 e. The van der Waals surface area contributed by atoms with Crippen LogP contribution in [0.2, 0.25) is 0 Å². The lowest BCUT2D eigenvalue weighted by molar-refractivity contribution is 0.0453. The number of thioether (sulfide) groups is 1. The molecule has 1 aromatic rings. The highest BCUT2D eigenvalue weighted by Crippen LogP contribution is 2.35. The molecule has 0 amide bonds. The van der Waals surface area contributed by atoms with Gasteiger partial charge in [-0.1, -0.05) is 0 Å². The quantitative estimate of drug-likeness (QED) is 0.833. The van der Waals surface area contributed by atoms with Crippen molar-refractivity contribution in [3.05, 3.63) is 22.4 Å². The minimum absolute atomic E-state index is 0.458. The van der Waals surface area contributed by atoms with Gasteiger partial charge in [-0.2, -0.15) is 11.3 Å². The highest BCUT2D eigenvalue weighted by Gasteiger charge is 2.23. The monoisotopic (exact) mass is 215 g/mol. The summed E-state index contributed by atoms with van der Waals surface area (Å²) in [5, 5.41) is 5.41. The Morgan fingerprint density at radius 1 is 1.69 bits per heavy atom. The molecule has 0 radical (unpaired) electrons. The van der Waals surface area contributed by atoms with Crippen LogP contribution < -0.4 is 5.73 Å². The third-order valence-corrected chi connectivity index (χ3v) is 4.24. The Balaban J connectivity index is 1.92. The molecule has 13 heavy (non-hydrogen) atoms. The molecular weight excluding hydrogens is 202 g/mol. The molecule has 2 heterocycles. The van der Waals surface area contributed by atoms with E-state index in [0.717, 1.165) is 19.8 Å². The number of thiophene rings is 1. The molecule has 2 N–H and O–H groups in total. The Morgan fingerprint density at radius 3 is 3.00 bits per heavy atom. The summed E-state index contributed by atoms with van der Waals surface area (Å²) in [6.45, 7) is 2.51. The molecule has 0 bridgehead atoms. The first-order valence-corrected chi connectivity index (χ1v) is 6.24. The van der Waals surface area contributed by atoms with E-state index in [4.69, 9.17) is 10.5 Å². The zero-order valence-corrected chi connectivity index (χ0v) is 8.94. The van der Waals surface area contributed by atoms with Gasteiger partial charge in [0.25, 0.3) is 0 Å². The van der Waals surface area contributed by atoms with E-state index in [2.05, 4.69) is 16.8 Å². The second-order valence-corrected chi connectivity index (χ2v) is 5.36. The van der Waals surface area contributed by atoms with Crippen molar-refractivity contribution in [2.24, 2.45) is 5.73 Å². The molecule has 1 unspecified atom stereocenters. The Labute approximate surface area is 86.5 Å². The molecule has 72 valence electrons. The van der Waals surface area contributed by atoms with E-state index < -0.39 is 0 Å². The predicted molar refractivity (Wildman–Crippen MR) is 58.3 cm³/mol. The molecule has 4 heteroatoms. The van der Waals surface area contributed by atoms with Crippen molar-refractivity contribution in [1.82, 2.24) is 0 Å². The second-order valence-electron chi connectivity index (χ2n) is 3.08. The maximum absolute atomic E-state index is 5.73. The molecule has 1 aliphatic rings. The van der Waals surface area contributed by atoms with Crippen LogP contribution >= 0.6 is 23.1 Å². The molecule has 1 aromatic heterocycles. The minimum Gasteiger partial charge on any atom is -0.379 e. The minimum atomic E-state index is 0.458. The number of nitrogens with two attached hydrogens (primary N) is 1. The highest BCUT2D eigenvalue weighted by atomic mass is 32.2. The Kier molecular flexibility index (Phi) is 3.27. The summed E-state index contributed by atoms with van der Waals surface area (Å²) in [5.41, 5.74) is 7.10. The fraction of sp³-hybridized carbons (Fsp3) is 0.556. The van der Waals surface area contributed by atoms with Crippen LogP contribution in [-0.2, 0) is 4.74 Å². The van der Waals surface area contributed by atoms with Gasteiger partial charge in [-0.15, -0.1) is 11.8 Å². The summed E-state index contributed by atoms with van der Waals surface area (Å²) in [6, 6.07) is 2.16. The molecule has 2 rings (SSSR count). The van der Waals surface area contributed by atoms with Crippen molar-refractivity contribution < 1.29 is 4.74 Å². The first-order chi connectivity index (χ1) is 6.40. The molecule has 0 aromatic carbocycles. The zero-order valence-electron chi connectivity index (χ0n) is 7.31. The lowest BCUT2D eigenvalue weighted by atomic mass is 10.2. The summed E-state index contributed by atoms with van der Waals surface area (Å²) in [4.78, 5) is 0. The molecule has 1 aliphatic heterocycles. The first kappa shape index (κ1) is 9.52. The topological polar surface area (TPSA) is 35.2 Å². The summed E-state index contributed by atoms with van der Waals surface area (Å²) >= 11 is 3.68. The Hall–Kier alpha value is -0.0300. The van der Waals surface area contributed by atoms with Gasteiger partial charge in [0.2, 0.25) is 0 Å². The number of hydrogen-bond acceptors (Lipinski definition) is 4. The maximum atomic E-state index is 5.73. The zero-order chi connectivity index (χ0) is 9.10. The van der Waals surface area contributed by atoms with Gasteiger partial charge in [-0.25, -0.2) is 0 Å². The Bertz CT molecular complexity index is 246. The van der Waals surface area contributed by atoms with E-state index in [-0.39, 0.29) is 0 Å². The summed E-state index contributed by atoms with van der Waals surface area (Å²) in [5.74, 6) is 0. The van der Waals surface area contributed by atoms with Crippen molar-refractivity contribution >= 4 is 23.1 Å². The third kappa shape index (κ3) is 2.26. The number of hydrogen-bond donors (Lipinski definition) is 1. The van der Waals surface area contributed by atoms with E-state index >= 15 is 0 Å². The van der Waals surface area contributed by atoms with Gasteiger partial charge in [0.05, 0.1) is 18.5 Å². The lowest BCUT2D eigenvalue weighted by Crippen LogP contribution is -2.32. The molecule has 1 atom stereocenters. The van der Waals surface area contributed by atoms with Crippen LogP contribution in [0.25, 0.3) is 0 Å². The Morgan fingerprint density at radius 2 is 2.54 bits per heavy atom. The summed E-state index contributed by atoms with van der Waals surface area (Å²) in [7, 11) is 0. The van der Waals surface area contributed by atoms with Gasteiger partial charge in [-0.05, 0) is 22.4 Å². The number of rotatable bonds is 4. The molecule has 0 aliphatic carbocycles. The van der Waals surface area contributed by atoms with Crippen LogP contribution in [0, 0.1) is 0 Å². The largest absolute Gasteiger partial charge is 0.379 e. The highest BCUT2D eigenvalue weighted by molar-refractivity contribution is 8.00. The van der Waals surface area contributed by atoms with Gasteiger partial charge in [0.15, 0.2) is 0 Å². The third-order valence-electron chi connectivity index (χ3n) is 2.09. The lowest BCUT2D eigenvalue weighted by Gasteiger charge is -2.28. The van der Waals surface area contributed by atoms with Crippen molar-refractivity contribution in [2.45, 2.75) is 10.5 Å². The molecule has 2 nitrogen and oxygen atoms in total. The van der Waals surface area contributed by atoms with Crippen molar-refractivity contribution in [3.63, 3.8) is 0 Å². The van der Waals surface area contributed by atoms with Crippen molar-refractivity contribution in [3.8, 4) is 0 Å². The van der Waals surface area contributed by atoms with Crippen LogP contribution in [0.1, 0.15) is 10.8 Å². The van der Waals surface area contributed by atoms with E-state index in [0.29, 0.717) is 10.5 Å². The predicted octanol–water partition coefficient (Wildman–Crippen LogP) is 1.88. The van der Waals surface area contributed by atoms with Gasteiger partial charge < -0.3 is 10.5 Å². The molecule has 0 spiro atoms. The second kappa shape index (κ2) is 4.46. The molecular formula is C9H13NOS2. The normalized spacial score (nSPS) is 19.8. The summed E-state index contributed by atoms with van der Waals surface area (Å²) in [6.07, 6.45) is 0. The van der Waals surface area contributed by atoms with Crippen molar-refractivity contribution in [1.29, 1.82) is 0 Å². The fourth-order valence-electron chi connectivity index (χ4n) is 1.25.